The van der Waals surface area contributed by atoms with Gasteiger partial charge in [-0.3, -0.25) is 4.99 Å². The van der Waals surface area contributed by atoms with Crippen LogP contribution < -0.4 is 10.6 Å². The summed E-state index contributed by atoms with van der Waals surface area (Å²) in [5.74, 6) is 1.92. The fourth-order valence-corrected chi connectivity index (χ4v) is 2.40. The largest absolute Gasteiger partial charge is 0.383 e. The molecule has 18 heavy (non-hydrogen) atoms. The van der Waals surface area contributed by atoms with Crippen LogP contribution in [-0.4, -0.2) is 39.3 Å². The van der Waals surface area contributed by atoms with Crippen molar-refractivity contribution in [2.45, 2.75) is 32.6 Å². The molecule has 2 fully saturated rings. The van der Waals surface area contributed by atoms with Crippen LogP contribution in [-0.2, 0) is 4.74 Å². The number of hydrogen-bond acceptors (Lipinski definition) is 2. The standard InChI is InChI=1S/C13H25N3O.HI/c1-3-14-12(15-8-9-17-2)16-10-13(6-7-13)11-4-5-11;/h11H,3-10H2,1-2H3,(H2,14,15,16);1H. The molecule has 106 valence electrons. The van der Waals surface area contributed by atoms with Gasteiger partial charge >= 0.3 is 0 Å². The lowest BCUT2D eigenvalue weighted by molar-refractivity contribution is 0.203. The molecule has 0 atom stereocenters. The Kier molecular flexibility index (Phi) is 6.70. The zero-order valence-electron chi connectivity index (χ0n) is 11.5. The van der Waals surface area contributed by atoms with E-state index < -0.39 is 0 Å². The van der Waals surface area contributed by atoms with Crippen LogP contribution in [0.3, 0.4) is 0 Å². The maximum Gasteiger partial charge on any atom is 0.191 e. The maximum atomic E-state index is 5.03. The normalized spacial score (nSPS) is 21.1. The minimum absolute atomic E-state index is 0. The molecule has 0 heterocycles. The molecule has 4 nitrogen and oxygen atoms in total. The Morgan fingerprint density at radius 2 is 2.06 bits per heavy atom. The van der Waals surface area contributed by atoms with Crippen LogP contribution in [0.4, 0.5) is 0 Å². The van der Waals surface area contributed by atoms with Crippen molar-refractivity contribution in [2.24, 2.45) is 16.3 Å². The number of guanidine groups is 1. The number of ether oxygens (including phenoxy) is 1. The van der Waals surface area contributed by atoms with E-state index in [-0.39, 0.29) is 24.0 Å². The van der Waals surface area contributed by atoms with Gasteiger partial charge < -0.3 is 15.4 Å². The third kappa shape index (κ3) is 4.57. The van der Waals surface area contributed by atoms with Gasteiger partial charge in [-0.2, -0.15) is 0 Å². The topological polar surface area (TPSA) is 45.7 Å². The number of methoxy groups -OCH3 is 1. The van der Waals surface area contributed by atoms with Crippen LogP contribution in [0.5, 0.6) is 0 Å². The summed E-state index contributed by atoms with van der Waals surface area (Å²) in [6.45, 7) is 5.55. The minimum atomic E-state index is 0. The molecular weight excluding hydrogens is 341 g/mol. The van der Waals surface area contributed by atoms with Crippen LogP contribution >= 0.6 is 24.0 Å². The average Bonchev–Trinajstić information content (AvgIpc) is 3.16. The third-order valence-electron chi connectivity index (χ3n) is 3.83. The van der Waals surface area contributed by atoms with Crippen molar-refractivity contribution in [2.75, 3.05) is 33.4 Å². The molecule has 0 aromatic heterocycles. The van der Waals surface area contributed by atoms with Crippen LogP contribution in [0.1, 0.15) is 32.6 Å². The first-order valence-electron chi connectivity index (χ1n) is 6.82. The number of aliphatic imine (C=N–C) groups is 1. The van der Waals surface area contributed by atoms with Crippen molar-refractivity contribution < 1.29 is 4.74 Å². The first-order valence-corrected chi connectivity index (χ1v) is 6.82. The van der Waals surface area contributed by atoms with Crippen molar-refractivity contribution >= 4 is 29.9 Å². The highest BCUT2D eigenvalue weighted by atomic mass is 127. The van der Waals surface area contributed by atoms with Gasteiger partial charge in [0.05, 0.1) is 6.61 Å². The zero-order valence-corrected chi connectivity index (χ0v) is 13.8. The molecule has 2 aliphatic rings. The lowest BCUT2D eigenvalue weighted by atomic mass is 10.0. The van der Waals surface area contributed by atoms with Gasteiger partial charge in [0.25, 0.3) is 0 Å². The van der Waals surface area contributed by atoms with E-state index >= 15 is 0 Å². The van der Waals surface area contributed by atoms with E-state index in [1.807, 2.05) is 0 Å². The summed E-state index contributed by atoms with van der Waals surface area (Å²) in [6, 6.07) is 0. The van der Waals surface area contributed by atoms with Crippen LogP contribution in [0.2, 0.25) is 0 Å². The number of hydrogen-bond donors (Lipinski definition) is 2. The summed E-state index contributed by atoms with van der Waals surface area (Å²) in [5, 5.41) is 6.58. The van der Waals surface area contributed by atoms with E-state index in [0.717, 1.165) is 38.1 Å². The van der Waals surface area contributed by atoms with Crippen molar-refractivity contribution in [3.05, 3.63) is 0 Å². The highest BCUT2D eigenvalue weighted by Gasteiger charge is 2.53. The molecule has 0 aromatic rings. The molecule has 0 radical (unpaired) electrons. The first kappa shape index (κ1) is 16.0. The van der Waals surface area contributed by atoms with Gasteiger partial charge in [0.1, 0.15) is 0 Å². The number of nitrogens with zero attached hydrogens (tertiary/aromatic N) is 1. The van der Waals surface area contributed by atoms with Gasteiger partial charge in [-0.25, -0.2) is 0 Å². The molecule has 0 amide bonds. The average molecular weight is 367 g/mol. The Morgan fingerprint density at radius 1 is 1.33 bits per heavy atom. The fourth-order valence-electron chi connectivity index (χ4n) is 2.40. The Hall–Kier alpha value is -0.0400. The molecule has 0 aromatic carbocycles. The summed E-state index contributed by atoms with van der Waals surface area (Å²) in [7, 11) is 1.72. The van der Waals surface area contributed by atoms with Crippen molar-refractivity contribution in [3.8, 4) is 0 Å². The van der Waals surface area contributed by atoms with Crippen LogP contribution in [0.15, 0.2) is 4.99 Å². The molecule has 2 N–H and O–H groups in total. The highest BCUT2D eigenvalue weighted by Crippen LogP contribution is 2.61. The van der Waals surface area contributed by atoms with E-state index in [9.17, 15) is 0 Å². The minimum Gasteiger partial charge on any atom is -0.383 e. The smallest absolute Gasteiger partial charge is 0.191 e. The van der Waals surface area contributed by atoms with E-state index in [4.69, 9.17) is 9.73 Å². The van der Waals surface area contributed by atoms with Gasteiger partial charge in [0.15, 0.2) is 5.96 Å². The lowest BCUT2D eigenvalue weighted by Gasteiger charge is -2.14. The van der Waals surface area contributed by atoms with E-state index in [0.29, 0.717) is 5.41 Å². The quantitative estimate of drug-likeness (QED) is 0.313. The first-order chi connectivity index (χ1) is 8.30. The molecule has 2 saturated carbocycles. The second-order valence-electron chi connectivity index (χ2n) is 5.25. The number of rotatable bonds is 7. The summed E-state index contributed by atoms with van der Waals surface area (Å²) in [6.07, 6.45) is 5.64. The lowest BCUT2D eigenvalue weighted by Crippen LogP contribution is -2.39. The number of halogens is 1. The van der Waals surface area contributed by atoms with Gasteiger partial charge in [-0.05, 0) is 43.9 Å². The van der Waals surface area contributed by atoms with Crippen molar-refractivity contribution in [3.63, 3.8) is 0 Å². The van der Waals surface area contributed by atoms with E-state index in [1.165, 1.54) is 25.7 Å². The van der Waals surface area contributed by atoms with Crippen LogP contribution in [0, 0.1) is 11.3 Å². The molecule has 0 bridgehead atoms. The second-order valence-corrected chi connectivity index (χ2v) is 5.25. The van der Waals surface area contributed by atoms with E-state index in [1.54, 1.807) is 7.11 Å². The Morgan fingerprint density at radius 3 is 2.56 bits per heavy atom. The maximum absolute atomic E-state index is 5.03. The van der Waals surface area contributed by atoms with Crippen molar-refractivity contribution in [1.29, 1.82) is 0 Å². The Bertz CT molecular complexity index is 275. The summed E-state index contributed by atoms with van der Waals surface area (Å²) in [5.41, 5.74) is 0.587. The monoisotopic (exact) mass is 367 g/mol. The molecule has 0 spiro atoms. The molecule has 0 aliphatic heterocycles. The van der Waals surface area contributed by atoms with Gasteiger partial charge in [0.2, 0.25) is 0 Å². The van der Waals surface area contributed by atoms with E-state index in [2.05, 4.69) is 17.6 Å². The summed E-state index contributed by atoms with van der Waals surface area (Å²) >= 11 is 0. The molecule has 2 rings (SSSR count). The molecule has 2 aliphatic carbocycles. The molecule has 0 saturated heterocycles. The van der Waals surface area contributed by atoms with Gasteiger partial charge in [-0.1, -0.05) is 0 Å². The molecule has 0 unspecified atom stereocenters. The second kappa shape index (κ2) is 7.53. The SMILES string of the molecule is CCNC(=NCC1(C2CC2)CC1)NCCOC.I. The predicted molar refractivity (Wildman–Crippen MR) is 85.7 cm³/mol. The van der Waals surface area contributed by atoms with Gasteiger partial charge in [-0.15, -0.1) is 24.0 Å². The predicted octanol–water partition coefficient (Wildman–Crippen LogP) is 2.00. The Labute approximate surface area is 127 Å². The zero-order chi connectivity index (χ0) is 12.1. The van der Waals surface area contributed by atoms with Crippen molar-refractivity contribution in [1.82, 2.24) is 10.6 Å². The fraction of sp³-hybridized carbons (Fsp3) is 0.923. The number of nitrogens with one attached hydrogen (secondary N) is 2. The van der Waals surface area contributed by atoms with Gasteiger partial charge in [0, 0.05) is 26.7 Å². The van der Waals surface area contributed by atoms with Crippen LogP contribution in [0.25, 0.3) is 0 Å². The summed E-state index contributed by atoms with van der Waals surface area (Å²) in [4.78, 5) is 4.72. The molecular formula is C13H26IN3O. The Balaban J connectivity index is 0.00000162. The molecule has 5 heteroatoms. The third-order valence-corrected chi connectivity index (χ3v) is 3.83. The highest BCUT2D eigenvalue weighted by molar-refractivity contribution is 14.0. The summed E-state index contributed by atoms with van der Waals surface area (Å²) < 4.78 is 5.03.